The molecule has 0 saturated carbocycles. The average Bonchev–Trinajstić information content (AvgIpc) is 3.13. The smallest absolute Gasteiger partial charge is 0.227 e. The first kappa shape index (κ1) is 16.8. The van der Waals surface area contributed by atoms with Gasteiger partial charge in [0.1, 0.15) is 5.84 Å². The highest BCUT2D eigenvalue weighted by Crippen LogP contribution is 2.19. The van der Waals surface area contributed by atoms with Gasteiger partial charge in [0.25, 0.3) is 0 Å². The predicted octanol–water partition coefficient (Wildman–Crippen LogP) is 3.05. The van der Waals surface area contributed by atoms with Crippen molar-refractivity contribution in [3.63, 3.8) is 0 Å². The molecule has 0 aliphatic carbocycles. The third-order valence-electron chi connectivity index (χ3n) is 4.07. The Morgan fingerprint density at radius 1 is 1.05 bits per heavy atom. The number of nitrogens with zero attached hydrogens (tertiary/aromatic N) is 4. The third-order valence-corrected chi connectivity index (χ3v) is 4.07. The van der Waals surface area contributed by atoms with Crippen LogP contribution in [0.4, 0.5) is 11.4 Å². The van der Waals surface area contributed by atoms with Gasteiger partial charge in [0.05, 0.1) is 5.69 Å². The first-order chi connectivity index (χ1) is 10.2. The van der Waals surface area contributed by atoms with Crippen LogP contribution >= 0.6 is 17.0 Å². The van der Waals surface area contributed by atoms with E-state index < -0.39 is 0 Å². The molecule has 0 atom stereocenters. The second-order valence-electron chi connectivity index (χ2n) is 5.75. The molecule has 2 fully saturated rings. The molecule has 0 bridgehead atoms. The van der Waals surface area contributed by atoms with E-state index in [1.807, 2.05) is 24.3 Å². The van der Waals surface area contributed by atoms with Gasteiger partial charge in [-0.05, 0) is 43.5 Å². The molecule has 0 radical (unpaired) electrons. The highest BCUT2D eigenvalue weighted by molar-refractivity contribution is 8.93. The minimum absolute atomic E-state index is 0. The fourth-order valence-corrected chi connectivity index (χ4v) is 2.80. The lowest BCUT2D eigenvalue weighted by atomic mass is 10.3. The Bertz CT molecular complexity index is 546. The first-order valence-corrected chi connectivity index (χ1v) is 7.70. The number of aliphatic imine (C=N–C) groups is 2. The van der Waals surface area contributed by atoms with Crippen molar-refractivity contribution < 1.29 is 0 Å². The third kappa shape index (κ3) is 4.00. The maximum absolute atomic E-state index is 5.74. The largest absolute Gasteiger partial charge is 0.399 e. The number of rotatable bonds is 1. The van der Waals surface area contributed by atoms with Crippen molar-refractivity contribution >= 4 is 40.2 Å². The molecule has 2 heterocycles. The number of guanidine groups is 1. The summed E-state index contributed by atoms with van der Waals surface area (Å²) in [6.45, 7) is 3.19. The zero-order valence-corrected chi connectivity index (χ0v) is 14.7. The lowest BCUT2D eigenvalue weighted by molar-refractivity contribution is 0.510. The number of nitrogens with two attached hydrogens (primary N) is 1. The number of likely N-dealkylation sites (tertiary alicyclic amines) is 2. The number of amidine groups is 1. The number of halogens is 1. The molecule has 2 N–H and O–H groups in total. The van der Waals surface area contributed by atoms with E-state index in [9.17, 15) is 0 Å². The van der Waals surface area contributed by atoms with Crippen molar-refractivity contribution in [1.29, 1.82) is 0 Å². The fourth-order valence-electron chi connectivity index (χ4n) is 2.80. The Morgan fingerprint density at radius 3 is 2.32 bits per heavy atom. The summed E-state index contributed by atoms with van der Waals surface area (Å²) in [5, 5.41) is 0. The van der Waals surface area contributed by atoms with Gasteiger partial charge in [-0.3, -0.25) is 0 Å². The molecule has 5 nitrogen and oxygen atoms in total. The molecular formula is C16H24BrN5. The quantitative estimate of drug-likeness (QED) is 0.472. The van der Waals surface area contributed by atoms with Crippen LogP contribution in [0.2, 0.25) is 0 Å². The molecule has 0 amide bonds. The van der Waals surface area contributed by atoms with E-state index >= 15 is 0 Å². The summed E-state index contributed by atoms with van der Waals surface area (Å²) in [6.07, 6.45) is 4.68. The highest BCUT2D eigenvalue weighted by Gasteiger charge is 2.20. The molecule has 2 saturated heterocycles. The second-order valence-corrected chi connectivity index (χ2v) is 5.75. The predicted molar refractivity (Wildman–Crippen MR) is 98.4 cm³/mol. The van der Waals surface area contributed by atoms with E-state index in [0.717, 1.165) is 49.2 Å². The van der Waals surface area contributed by atoms with Crippen molar-refractivity contribution in [3.05, 3.63) is 24.3 Å². The van der Waals surface area contributed by atoms with Crippen LogP contribution in [0.5, 0.6) is 0 Å². The van der Waals surface area contributed by atoms with Crippen LogP contribution in [0.15, 0.2) is 34.3 Å². The van der Waals surface area contributed by atoms with Gasteiger partial charge in [0.15, 0.2) is 0 Å². The summed E-state index contributed by atoms with van der Waals surface area (Å²) >= 11 is 0. The molecule has 0 spiro atoms. The number of hydrogen-bond donors (Lipinski definition) is 1. The molecular weight excluding hydrogens is 342 g/mol. The monoisotopic (exact) mass is 365 g/mol. The molecule has 2 aliphatic heterocycles. The maximum atomic E-state index is 5.74. The van der Waals surface area contributed by atoms with E-state index in [2.05, 4.69) is 16.8 Å². The van der Waals surface area contributed by atoms with Crippen molar-refractivity contribution in [2.45, 2.75) is 25.7 Å². The van der Waals surface area contributed by atoms with E-state index in [1.165, 1.54) is 19.3 Å². The van der Waals surface area contributed by atoms with Gasteiger partial charge in [-0.15, -0.1) is 17.0 Å². The van der Waals surface area contributed by atoms with E-state index in [-0.39, 0.29) is 17.0 Å². The van der Waals surface area contributed by atoms with Crippen molar-refractivity contribution in [2.75, 3.05) is 32.4 Å². The first-order valence-electron chi connectivity index (χ1n) is 7.70. The zero-order chi connectivity index (χ0) is 14.7. The standard InChI is InChI=1S/C16H23N5.BrH/c1-20-10-4-5-15(20)19-16(21-11-2-3-12-21)18-14-8-6-13(17)7-9-14;/h6-9H,2-5,10-12,17H2,1H3;1H. The van der Waals surface area contributed by atoms with Crippen LogP contribution in [-0.4, -0.2) is 48.3 Å². The summed E-state index contributed by atoms with van der Waals surface area (Å²) in [7, 11) is 2.11. The van der Waals surface area contributed by atoms with Crippen LogP contribution in [0.25, 0.3) is 0 Å². The number of anilines is 1. The Hall–Kier alpha value is -1.56. The normalized spacial score (nSPS) is 20.6. The van der Waals surface area contributed by atoms with Crippen LogP contribution < -0.4 is 5.73 Å². The molecule has 6 heteroatoms. The number of benzene rings is 1. The summed E-state index contributed by atoms with van der Waals surface area (Å²) in [4.78, 5) is 14.1. The molecule has 22 heavy (non-hydrogen) atoms. The van der Waals surface area contributed by atoms with Crippen LogP contribution in [-0.2, 0) is 0 Å². The average molecular weight is 366 g/mol. The summed E-state index contributed by atoms with van der Waals surface area (Å²) in [6, 6.07) is 7.67. The number of nitrogen functional groups attached to an aromatic ring is 1. The van der Waals surface area contributed by atoms with E-state index in [4.69, 9.17) is 15.7 Å². The van der Waals surface area contributed by atoms with Crippen molar-refractivity contribution in [1.82, 2.24) is 9.80 Å². The van der Waals surface area contributed by atoms with Crippen molar-refractivity contribution in [2.24, 2.45) is 9.98 Å². The minimum atomic E-state index is 0. The zero-order valence-electron chi connectivity index (χ0n) is 13.0. The van der Waals surface area contributed by atoms with Gasteiger partial charge in [-0.2, -0.15) is 4.99 Å². The fraction of sp³-hybridized carbons (Fsp3) is 0.500. The summed E-state index contributed by atoms with van der Waals surface area (Å²) in [5.74, 6) is 2.00. The molecule has 3 rings (SSSR count). The maximum Gasteiger partial charge on any atom is 0.227 e. The Morgan fingerprint density at radius 2 is 1.73 bits per heavy atom. The van der Waals surface area contributed by atoms with Crippen LogP contribution in [0.3, 0.4) is 0 Å². The van der Waals surface area contributed by atoms with Gasteiger partial charge >= 0.3 is 0 Å². The van der Waals surface area contributed by atoms with Gasteiger partial charge < -0.3 is 15.5 Å². The van der Waals surface area contributed by atoms with Gasteiger partial charge in [0, 0.05) is 38.8 Å². The lowest BCUT2D eigenvalue weighted by Crippen LogP contribution is -2.29. The summed E-state index contributed by atoms with van der Waals surface area (Å²) in [5.41, 5.74) is 7.41. The van der Waals surface area contributed by atoms with Crippen molar-refractivity contribution in [3.8, 4) is 0 Å². The summed E-state index contributed by atoms with van der Waals surface area (Å²) < 4.78 is 0. The second kappa shape index (κ2) is 7.63. The SMILES string of the molecule is Br.CN1CCCC1=NC(=Nc1ccc(N)cc1)N1CCCC1. The highest BCUT2D eigenvalue weighted by atomic mass is 79.9. The van der Waals surface area contributed by atoms with E-state index in [1.54, 1.807) is 0 Å². The Balaban J connectivity index is 0.00000176. The van der Waals surface area contributed by atoms with Gasteiger partial charge in [0.2, 0.25) is 5.96 Å². The molecule has 0 aromatic heterocycles. The number of hydrogen-bond acceptors (Lipinski definition) is 2. The molecule has 2 aliphatic rings. The minimum Gasteiger partial charge on any atom is -0.399 e. The topological polar surface area (TPSA) is 57.2 Å². The Kier molecular flexibility index (Phi) is 5.83. The van der Waals surface area contributed by atoms with Gasteiger partial charge in [-0.1, -0.05) is 0 Å². The lowest BCUT2D eigenvalue weighted by Gasteiger charge is -2.19. The van der Waals surface area contributed by atoms with Crippen LogP contribution in [0.1, 0.15) is 25.7 Å². The molecule has 0 unspecified atom stereocenters. The molecule has 1 aromatic rings. The van der Waals surface area contributed by atoms with E-state index in [0.29, 0.717) is 0 Å². The Labute approximate surface area is 142 Å². The molecule has 120 valence electrons. The van der Waals surface area contributed by atoms with Crippen LogP contribution in [0, 0.1) is 0 Å². The van der Waals surface area contributed by atoms with Gasteiger partial charge in [-0.25, -0.2) is 4.99 Å². The molecule has 1 aromatic carbocycles.